The Hall–Kier alpha value is -3.82. The molecule has 2 amide bonds. The van der Waals surface area contributed by atoms with Gasteiger partial charge in [-0.05, 0) is 72.6 Å². The van der Waals surface area contributed by atoms with Crippen molar-refractivity contribution in [3.63, 3.8) is 0 Å². The quantitative estimate of drug-likeness (QED) is 0.228. The highest BCUT2D eigenvalue weighted by atomic mass is 16.5. The second-order valence-corrected chi connectivity index (χ2v) is 11.9. The van der Waals surface area contributed by atoms with Crippen LogP contribution in [0.4, 0.5) is 16.2 Å². The molecule has 2 aromatic carbocycles. The van der Waals surface area contributed by atoms with Crippen molar-refractivity contribution in [1.82, 2.24) is 9.47 Å². The summed E-state index contributed by atoms with van der Waals surface area (Å²) in [5.41, 5.74) is 4.38. The first-order chi connectivity index (χ1) is 21.4. The number of morpholine rings is 1. The lowest BCUT2D eigenvalue weighted by molar-refractivity contribution is 0.0342. The Balaban J connectivity index is 1.50. The molecule has 9 nitrogen and oxygen atoms in total. The third-order valence-corrected chi connectivity index (χ3v) is 8.85. The van der Waals surface area contributed by atoms with Crippen molar-refractivity contribution < 1.29 is 19.0 Å². The van der Waals surface area contributed by atoms with Crippen LogP contribution in [0.2, 0.25) is 0 Å². The van der Waals surface area contributed by atoms with Crippen molar-refractivity contribution in [2.45, 2.75) is 70.9 Å². The number of urea groups is 1. The molecule has 0 atom stereocenters. The molecule has 236 valence electrons. The lowest BCUT2D eigenvalue weighted by atomic mass is 9.89. The van der Waals surface area contributed by atoms with Crippen LogP contribution in [-0.4, -0.2) is 56.0 Å². The van der Waals surface area contributed by atoms with Gasteiger partial charge in [0.1, 0.15) is 17.2 Å². The van der Waals surface area contributed by atoms with Gasteiger partial charge in [-0.15, -0.1) is 0 Å². The number of aryl methyl sites for hydroxylation is 1. The van der Waals surface area contributed by atoms with Crippen LogP contribution in [0.15, 0.2) is 53.5 Å². The highest BCUT2D eigenvalue weighted by molar-refractivity contribution is 6.03. The van der Waals surface area contributed by atoms with E-state index in [1.807, 2.05) is 12.1 Å². The Kier molecular flexibility index (Phi) is 10.3. The van der Waals surface area contributed by atoms with Gasteiger partial charge in [0.05, 0.1) is 27.4 Å². The Bertz CT molecular complexity index is 1510. The number of benzene rings is 2. The number of methoxy groups -OCH3 is 2. The average molecular weight is 603 g/mol. The Morgan fingerprint density at radius 3 is 2.43 bits per heavy atom. The summed E-state index contributed by atoms with van der Waals surface area (Å²) in [6.07, 6.45) is 7.96. The number of ether oxygens (including phenoxy) is 3. The number of hydrogen-bond donors (Lipinski definition) is 2. The SMILES string of the molecule is CCCCn1ccc(-c2cc(OC)ccc2OC)c(NC(=O)Nc2cc(CN3CCOCC3)ccc2C2(CCC)CC2)c1=O. The zero-order valence-corrected chi connectivity index (χ0v) is 26.5. The summed E-state index contributed by atoms with van der Waals surface area (Å²) >= 11 is 0. The van der Waals surface area contributed by atoms with Gasteiger partial charge in [-0.2, -0.15) is 0 Å². The average Bonchev–Trinajstić information content (AvgIpc) is 3.82. The summed E-state index contributed by atoms with van der Waals surface area (Å²) in [5.74, 6) is 1.20. The number of aromatic nitrogens is 1. The maximum atomic E-state index is 13.8. The van der Waals surface area contributed by atoms with Gasteiger partial charge in [0.2, 0.25) is 0 Å². The molecule has 1 aliphatic heterocycles. The smallest absolute Gasteiger partial charge is 0.323 e. The molecule has 2 aliphatic rings. The molecule has 0 spiro atoms. The number of rotatable bonds is 13. The van der Waals surface area contributed by atoms with E-state index < -0.39 is 6.03 Å². The van der Waals surface area contributed by atoms with Crippen LogP contribution in [0, 0.1) is 0 Å². The predicted octanol–water partition coefficient (Wildman–Crippen LogP) is 6.64. The largest absolute Gasteiger partial charge is 0.497 e. The molecular weight excluding hydrogens is 556 g/mol. The van der Waals surface area contributed by atoms with E-state index in [4.69, 9.17) is 14.2 Å². The van der Waals surface area contributed by atoms with E-state index in [0.717, 1.165) is 82.6 Å². The Morgan fingerprint density at radius 1 is 0.955 bits per heavy atom. The molecular formula is C35H46N4O5. The molecule has 0 radical (unpaired) electrons. The van der Waals surface area contributed by atoms with E-state index in [2.05, 4.69) is 47.6 Å². The molecule has 1 aromatic heterocycles. The topological polar surface area (TPSA) is 94.1 Å². The number of amides is 2. The van der Waals surface area contributed by atoms with E-state index in [1.54, 1.807) is 37.1 Å². The molecule has 9 heteroatoms. The fraction of sp³-hybridized carbons (Fsp3) is 0.486. The third-order valence-electron chi connectivity index (χ3n) is 8.85. The van der Waals surface area contributed by atoms with Gasteiger partial charge in [0, 0.05) is 49.2 Å². The number of hydrogen-bond acceptors (Lipinski definition) is 6. The summed E-state index contributed by atoms with van der Waals surface area (Å²) in [6.45, 7) is 8.90. The highest BCUT2D eigenvalue weighted by Gasteiger charge is 2.44. The summed E-state index contributed by atoms with van der Waals surface area (Å²) in [7, 11) is 3.18. The van der Waals surface area contributed by atoms with Crippen molar-refractivity contribution in [2.24, 2.45) is 0 Å². The molecule has 1 saturated carbocycles. The highest BCUT2D eigenvalue weighted by Crippen LogP contribution is 2.54. The van der Waals surface area contributed by atoms with Crippen molar-refractivity contribution in [3.8, 4) is 22.6 Å². The first-order valence-corrected chi connectivity index (χ1v) is 15.9. The fourth-order valence-electron chi connectivity index (χ4n) is 6.27. The van der Waals surface area contributed by atoms with E-state index >= 15 is 0 Å². The lowest BCUT2D eigenvalue weighted by Gasteiger charge is -2.27. The van der Waals surface area contributed by atoms with Gasteiger partial charge in [0.25, 0.3) is 5.56 Å². The van der Waals surface area contributed by atoms with Gasteiger partial charge in [0.15, 0.2) is 0 Å². The number of nitrogens with zero attached hydrogens (tertiary/aromatic N) is 2. The molecule has 2 N–H and O–H groups in total. The van der Waals surface area contributed by atoms with Gasteiger partial charge < -0.3 is 29.4 Å². The molecule has 5 rings (SSSR count). The standard InChI is InChI=1S/C35H46N4O5/c1-5-7-16-39-17-12-27(28-23-26(42-3)9-11-31(28)43-4)32(33(39)40)37-34(41)36-30-22-25(24-38-18-20-44-21-19-38)8-10-29(30)35(13-6-2)14-15-35/h8-12,17,22-23H,5-7,13-16,18-21,24H2,1-4H3,(H2,36,37,41). The van der Waals surface area contributed by atoms with Gasteiger partial charge in [-0.3, -0.25) is 9.69 Å². The van der Waals surface area contributed by atoms with Crippen LogP contribution in [0.25, 0.3) is 11.1 Å². The number of carbonyl (C=O) groups is 1. The fourth-order valence-corrected chi connectivity index (χ4v) is 6.27. The van der Waals surface area contributed by atoms with Crippen LogP contribution in [0.3, 0.4) is 0 Å². The van der Waals surface area contributed by atoms with Crippen molar-refractivity contribution in [3.05, 3.63) is 70.1 Å². The zero-order valence-electron chi connectivity index (χ0n) is 26.5. The Labute approximate surface area is 260 Å². The third kappa shape index (κ3) is 7.11. The predicted molar refractivity (Wildman–Crippen MR) is 175 cm³/mol. The second kappa shape index (κ2) is 14.3. The van der Waals surface area contributed by atoms with Gasteiger partial charge in [-0.25, -0.2) is 4.79 Å². The maximum absolute atomic E-state index is 13.8. The normalized spacial score (nSPS) is 15.9. The minimum atomic E-state index is -0.449. The molecule has 2 heterocycles. The van der Waals surface area contributed by atoms with Gasteiger partial charge >= 0.3 is 6.03 Å². The number of anilines is 2. The molecule has 2 fully saturated rings. The summed E-state index contributed by atoms with van der Waals surface area (Å²) in [6, 6.07) is 13.3. The van der Waals surface area contributed by atoms with E-state index in [1.165, 1.54) is 5.56 Å². The van der Waals surface area contributed by atoms with E-state index in [9.17, 15) is 9.59 Å². The minimum Gasteiger partial charge on any atom is -0.497 e. The molecule has 1 aliphatic carbocycles. The number of nitrogens with one attached hydrogen (secondary N) is 2. The first kappa shape index (κ1) is 31.6. The maximum Gasteiger partial charge on any atom is 0.323 e. The summed E-state index contributed by atoms with van der Waals surface area (Å²) in [4.78, 5) is 30.0. The molecule has 44 heavy (non-hydrogen) atoms. The van der Waals surface area contributed by atoms with Crippen molar-refractivity contribution >= 4 is 17.4 Å². The summed E-state index contributed by atoms with van der Waals surface area (Å²) < 4.78 is 18.3. The van der Waals surface area contributed by atoms with E-state index in [0.29, 0.717) is 29.2 Å². The van der Waals surface area contributed by atoms with E-state index in [-0.39, 0.29) is 16.7 Å². The van der Waals surface area contributed by atoms with Crippen LogP contribution in [0.1, 0.15) is 63.5 Å². The lowest BCUT2D eigenvalue weighted by Crippen LogP contribution is -2.35. The molecule has 3 aromatic rings. The summed E-state index contributed by atoms with van der Waals surface area (Å²) in [5, 5.41) is 6.12. The monoisotopic (exact) mass is 602 g/mol. The van der Waals surface area contributed by atoms with Crippen LogP contribution in [-0.2, 0) is 23.2 Å². The number of carbonyl (C=O) groups excluding carboxylic acids is 1. The van der Waals surface area contributed by atoms with Crippen molar-refractivity contribution in [1.29, 1.82) is 0 Å². The zero-order chi connectivity index (χ0) is 31.1. The Morgan fingerprint density at radius 2 is 1.75 bits per heavy atom. The number of unbranched alkanes of at least 4 members (excludes halogenated alkanes) is 1. The molecule has 0 bridgehead atoms. The van der Waals surface area contributed by atoms with Gasteiger partial charge in [-0.1, -0.05) is 38.8 Å². The molecule has 1 saturated heterocycles. The van der Waals surface area contributed by atoms with Crippen LogP contribution >= 0.6 is 0 Å². The second-order valence-electron chi connectivity index (χ2n) is 11.9. The van der Waals surface area contributed by atoms with Crippen LogP contribution < -0.4 is 25.7 Å². The molecule has 0 unspecified atom stereocenters. The van der Waals surface area contributed by atoms with Crippen LogP contribution in [0.5, 0.6) is 11.5 Å². The number of pyridine rings is 1. The van der Waals surface area contributed by atoms with Crippen molar-refractivity contribution in [2.75, 3.05) is 51.2 Å². The first-order valence-electron chi connectivity index (χ1n) is 15.9. The minimum absolute atomic E-state index is 0.0909.